The number of hydrogen-bond acceptors (Lipinski definition) is 2. The molecule has 0 fully saturated rings. The highest BCUT2D eigenvalue weighted by Crippen LogP contribution is 2.16. The van der Waals surface area contributed by atoms with Crippen molar-refractivity contribution >= 4 is 6.29 Å². The SMILES string of the molecule is O=[C]c1cccc2c1CCNC2. The van der Waals surface area contributed by atoms with Gasteiger partial charge in [0.15, 0.2) is 0 Å². The normalized spacial score (nSPS) is 15.3. The molecule has 2 nitrogen and oxygen atoms in total. The first-order chi connectivity index (χ1) is 5.92. The number of rotatable bonds is 1. The van der Waals surface area contributed by atoms with Crippen LogP contribution >= 0.6 is 0 Å². The van der Waals surface area contributed by atoms with Crippen molar-refractivity contribution in [3.63, 3.8) is 0 Å². The fourth-order valence-electron chi connectivity index (χ4n) is 1.63. The second-order valence-corrected chi connectivity index (χ2v) is 2.97. The molecule has 0 unspecified atom stereocenters. The molecule has 2 rings (SSSR count). The van der Waals surface area contributed by atoms with Crippen LogP contribution in [0.25, 0.3) is 0 Å². The highest BCUT2D eigenvalue weighted by Gasteiger charge is 2.11. The van der Waals surface area contributed by atoms with E-state index in [2.05, 4.69) is 11.4 Å². The molecule has 1 aliphatic heterocycles. The summed E-state index contributed by atoms with van der Waals surface area (Å²) >= 11 is 0. The molecule has 1 N–H and O–H groups in total. The molecule has 0 bridgehead atoms. The van der Waals surface area contributed by atoms with Gasteiger partial charge in [-0.15, -0.1) is 0 Å². The lowest BCUT2D eigenvalue weighted by Gasteiger charge is -2.17. The molecule has 1 aromatic carbocycles. The first-order valence-electron chi connectivity index (χ1n) is 4.11. The van der Waals surface area contributed by atoms with Crippen LogP contribution < -0.4 is 5.32 Å². The minimum atomic E-state index is 0.731. The molecule has 0 saturated carbocycles. The van der Waals surface area contributed by atoms with E-state index in [0.717, 1.165) is 25.1 Å². The fraction of sp³-hybridized carbons (Fsp3) is 0.300. The Morgan fingerprint density at radius 1 is 1.42 bits per heavy atom. The quantitative estimate of drug-likeness (QED) is 0.658. The maximum absolute atomic E-state index is 10.5. The van der Waals surface area contributed by atoms with Gasteiger partial charge in [0, 0.05) is 12.1 Å². The van der Waals surface area contributed by atoms with E-state index in [1.54, 1.807) is 0 Å². The van der Waals surface area contributed by atoms with Crippen LogP contribution in [0.1, 0.15) is 16.7 Å². The van der Waals surface area contributed by atoms with Crippen molar-refractivity contribution in [2.75, 3.05) is 6.54 Å². The first kappa shape index (κ1) is 7.50. The lowest BCUT2D eigenvalue weighted by Crippen LogP contribution is -2.24. The van der Waals surface area contributed by atoms with Gasteiger partial charge in [0.05, 0.1) is 0 Å². The molecular formula is C10H10NO. The Balaban J connectivity index is 2.51. The number of fused-ring (bicyclic) bond motifs is 1. The Morgan fingerprint density at radius 2 is 2.33 bits per heavy atom. The van der Waals surface area contributed by atoms with Gasteiger partial charge in [-0.3, -0.25) is 4.79 Å². The van der Waals surface area contributed by atoms with E-state index >= 15 is 0 Å². The summed E-state index contributed by atoms with van der Waals surface area (Å²) in [5, 5.41) is 3.26. The van der Waals surface area contributed by atoms with Gasteiger partial charge in [0.2, 0.25) is 6.29 Å². The van der Waals surface area contributed by atoms with Gasteiger partial charge < -0.3 is 5.32 Å². The molecule has 0 saturated heterocycles. The number of benzene rings is 1. The Morgan fingerprint density at radius 3 is 3.17 bits per heavy atom. The van der Waals surface area contributed by atoms with Gasteiger partial charge in [-0.1, -0.05) is 18.2 Å². The molecular weight excluding hydrogens is 150 g/mol. The molecule has 12 heavy (non-hydrogen) atoms. The van der Waals surface area contributed by atoms with E-state index < -0.39 is 0 Å². The minimum Gasteiger partial charge on any atom is -0.312 e. The third kappa shape index (κ3) is 1.14. The van der Waals surface area contributed by atoms with Crippen molar-refractivity contribution < 1.29 is 4.79 Å². The summed E-state index contributed by atoms with van der Waals surface area (Å²) in [6, 6.07) is 5.80. The highest BCUT2D eigenvalue weighted by molar-refractivity contribution is 5.78. The standard InChI is InChI=1S/C10H10NO/c12-7-9-3-1-2-8-6-11-5-4-10(8)9/h1-3,11H,4-6H2. The first-order valence-corrected chi connectivity index (χ1v) is 4.11. The van der Waals surface area contributed by atoms with Crippen molar-refractivity contribution in [2.24, 2.45) is 0 Å². The molecule has 0 atom stereocenters. The largest absolute Gasteiger partial charge is 0.312 e. The van der Waals surface area contributed by atoms with Crippen LogP contribution in [0.3, 0.4) is 0 Å². The van der Waals surface area contributed by atoms with Gasteiger partial charge >= 0.3 is 0 Å². The maximum atomic E-state index is 10.5. The summed E-state index contributed by atoms with van der Waals surface area (Å²) in [5.41, 5.74) is 3.14. The zero-order chi connectivity index (χ0) is 8.39. The maximum Gasteiger partial charge on any atom is 0.233 e. The summed E-state index contributed by atoms with van der Waals surface area (Å²) < 4.78 is 0. The second-order valence-electron chi connectivity index (χ2n) is 2.97. The summed E-state index contributed by atoms with van der Waals surface area (Å²) in [4.78, 5) is 10.5. The van der Waals surface area contributed by atoms with Gasteiger partial charge in [-0.2, -0.15) is 0 Å². The Bertz CT molecular complexity index is 307. The fourth-order valence-corrected chi connectivity index (χ4v) is 1.63. The average Bonchev–Trinajstić information content (AvgIpc) is 2.17. The van der Waals surface area contributed by atoms with E-state index in [9.17, 15) is 4.79 Å². The van der Waals surface area contributed by atoms with E-state index in [0.29, 0.717) is 0 Å². The predicted octanol–water partition coefficient (Wildman–Crippen LogP) is 0.790. The van der Waals surface area contributed by atoms with E-state index in [-0.39, 0.29) is 0 Å². The highest BCUT2D eigenvalue weighted by atomic mass is 16.1. The Labute approximate surface area is 71.6 Å². The van der Waals surface area contributed by atoms with E-state index in [4.69, 9.17) is 0 Å². The monoisotopic (exact) mass is 160 g/mol. The molecule has 1 aromatic rings. The number of hydrogen-bond donors (Lipinski definition) is 1. The van der Waals surface area contributed by atoms with Crippen molar-refractivity contribution in [1.82, 2.24) is 5.32 Å². The summed E-state index contributed by atoms with van der Waals surface area (Å²) in [6.07, 6.45) is 2.92. The second kappa shape index (κ2) is 3.07. The Hall–Kier alpha value is -1.15. The molecule has 0 aliphatic carbocycles. The van der Waals surface area contributed by atoms with Gasteiger partial charge in [-0.25, -0.2) is 0 Å². The van der Waals surface area contributed by atoms with Crippen LogP contribution in [0.5, 0.6) is 0 Å². The van der Waals surface area contributed by atoms with Crippen LogP contribution in [-0.4, -0.2) is 12.8 Å². The lowest BCUT2D eigenvalue weighted by molar-refractivity contribution is 0.561. The molecule has 0 aromatic heterocycles. The van der Waals surface area contributed by atoms with Crippen molar-refractivity contribution in [3.05, 3.63) is 34.9 Å². The molecule has 1 aliphatic rings. The van der Waals surface area contributed by atoms with E-state index in [1.165, 1.54) is 11.1 Å². The molecule has 0 spiro atoms. The minimum absolute atomic E-state index is 0.731. The van der Waals surface area contributed by atoms with Gasteiger partial charge in [-0.05, 0) is 24.1 Å². The van der Waals surface area contributed by atoms with Gasteiger partial charge in [0.25, 0.3) is 0 Å². The summed E-state index contributed by atoms with van der Waals surface area (Å²) in [6.45, 7) is 1.84. The average molecular weight is 160 g/mol. The molecule has 2 heteroatoms. The third-order valence-electron chi connectivity index (χ3n) is 2.25. The van der Waals surface area contributed by atoms with Crippen molar-refractivity contribution in [2.45, 2.75) is 13.0 Å². The topological polar surface area (TPSA) is 29.1 Å². The number of nitrogens with one attached hydrogen (secondary N) is 1. The molecule has 1 radical (unpaired) electrons. The molecule has 0 amide bonds. The zero-order valence-electron chi connectivity index (χ0n) is 6.76. The third-order valence-corrected chi connectivity index (χ3v) is 2.25. The Kier molecular flexibility index (Phi) is 1.92. The molecule has 1 heterocycles. The van der Waals surface area contributed by atoms with Crippen LogP contribution in [0, 0.1) is 0 Å². The van der Waals surface area contributed by atoms with E-state index in [1.807, 2.05) is 18.4 Å². The van der Waals surface area contributed by atoms with Crippen molar-refractivity contribution in [1.29, 1.82) is 0 Å². The lowest BCUT2D eigenvalue weighted by atomic mass is 9.96. The molecule has 61 valence electrons. The van der Waals surface area contributed by atoms with Crippen LogP contribution in [-0.2, 0) is 17.8 Å². The summed E-state index contributed by atoms with van der Waals surface area (Å²) in [7, 11) is 0. The van der Waals surface area contributed by atoms with Gasteiger partial charge in [0.1, 0.15) is 0 Å². The van der Waals surface area contributed by atoms with Crippen LogP contribution in [0.15, 0.2) is 18.2 Å². The predicted molar refractivity (Wildman–Crippen MR) is 46.6 cm³/mol. The number of carbonyl (C=O) groups excluding carboxylic acids is 1. The van der Waals surface area contributed by atoms with Crippen molar-refractivity contribution in [3.8, 4) is 0 Å². The zero-order valence-corrected chi connectivity index (χ0v) is 6.76. The summed E-state index contributed by atoms with van der Waals surface area (Å²) in [5.74, 6) is 0. The smallest absolute Gasteiger partial charge is 0.233 e. The van der Waals surface area contributed by atoms with Crippen LogP contribution in [0.4, 0.5) is 0 Å². The van der Waals surface area contributed by atoms with Crippen LogP contribution in [0.2, 0.25) is 0 Å².